The molecule has 0 unspecified atom stereocenters. The van der Waals surface area contributed by atoms with Gasteiger partial charge in [-0.1, -0.05) is 0 Å². The minimum atomic E-state index is -0.804. The highest BCUT2D eigenvalue weighted by molar-refractivity contribution is 6.02. The van der Waals surface area contributed by atoms with E-state index in [1.54, 1.807) is 0 Å². The van der Waals surface area contributed by atoms with Gasteiger partial charge in [-0.15, -0.1) is 10.1 Å². The maximum Gasteiger partial charge on any atom is 0.335 e. The molecule has 4 N–H and O–H groups in total. The van der Waals surface area contributed by atoms with Crippen molar-refractivity contribution in [1.29, 1.82) is 0 Å². The highest BCUT2D eigenvalue weighted by atomic mass is 16.7. The van der Waals surface area contributed by atoms with E-state index in [4.69, 9.17) is 24.7 Å². The lowest BCUT2D eigenvalue weighted by Crippen LogP contribution is -2.51. The SMILES string of the molecule is NCC12CC3CC(CC(C3)C1)C2.O=C(CCOCOCCC(=O)NCC12CC3CC(CC(C3)C1)C2)NCC12CC3CC(CC(C3)C1)C2.O=C(CCOCOCCC(=O)ON1C(=O)CCC1=O)ON1C(=O)CCC1=O. The van der Waals surface area contributed by atoms with Gasteiger partial charge in [0.15, 0.2) is 0 Å². The zero-order valence-corrected chi connectivity index (χ0v) is 43.6. The van der Waals surface area contributed by atoms with E-state index in [0.717, 1.165) is 72.9 Å². The van der Waals surface area contributed by atoms with Crippen LogP contribution in [0.3, 0.4) is 0 Å². The summed E-state index contributed by atoms with van der Waals surface area (Å²) in [7, 11) is 0. The molecule has 12 saturated carbocycles. The molecule has 19 heteroatoms. The molecular formula is C55H83N5O14. The summed E-state index contributed by atoms with van der Waals surface area (Å²) in [6, 6.07) is 0. The summed E-state index contributed by atoms with van der Waals surface area (Å²) < 4.78 is 21.0. The summed E-state index contributed by atoms with van der Waals surface area (Å²) in [6.45, 7) is 3.14. The van der Waals surface area contributed by atoms with Crippen molar-refractivity contribution in [3.63, 3.8) is 0 Å². The molecule has 0 aromatic carbocycles. The minimum absolute atomic E-state index is 0.0129. The number of hydrogen-bond acceptors (Lipinski definition) is 15. The van der Waals surface area contributed by atoms with Crippen molar-refractivity contribution >= 4 is 47.4 Å². The van der Waals surface area contributed by atoms with E-state index in [1.807, 2.05) is 0 Å². The van der Waals surface area contributed by atoms with Crippen LogP contribution in [0, 0.1) is 69.5 Å². The lowest BCUT2D eigenvalue weighted by atomic mass is 9.49. The van der Waals surface area contributed by atoms with E-state index in [-0.39, 0.29) is 77.1 Å². The summed E-state index contributed by atoms with van der Waals surface area (Å²) in [4.78, 5) is 102. The largest absolute Gasteiger partial charge is 0.355 e. The zero-order chi connectivity index (χ0) is 51.9. The Morgan fingerprint density at radius 2 is 0.676 bits per heavy atom. The summed E-state index contributed by atoms with van der Waals surface area (Å²) in [5.41, 5.74) is 7.31. The van der Waals surface area contributed by atoms with Gasteiger partial charge in [-0.05, 0) is 192 Å². The van der Waals surface area contributed by atoms with Crippen molar-refractivity contribution in [2.45, 2.75) is 167 Å². The number of carbonyl (C=O) groups is 8. The van der Waals surface area contributed by atoms with Gasteiger partial charge in [0.1, 0.15) is 13.6 Å². The summed E-state index contributed by atoms with van der Waals surface area (Å²) in [5, 5.41) is 7.30. The Morgan fingerprint density at radius 3 is 0.946 bits per heavy atom. The number of carbonyl (C=O) groups excluding carboxylic acids is 8. The molecule has 14 rings (SSSR count). The van der Waals surface area contributed by atoms with Crippen molar-refractivity contribution in [2.24, 2.45) is 75.2 Å². The highest BCUT2D eigenvalue weighted by Gasteiger charge is 2.53. The first-order valence-electron chi connectivity index (χ1n) is 28.3. The van der Waals surface area contributed by atoms with Crippen LogP contribution < -0.4 is 16.4 Å². The first-order chi connectivity index (χ1) is 35.6. The number of nitrogens with one attached hydrogen (secondary N) is 2. The zero-order valence-electron chi connectivity index (χ0n) is 43.6. The molecule has 2 heterocycles. The molecule has 14 aliphatic rings. The normalized spacial score (nSPS) is 35.4. The monoisotopic (exact) mass is 1040 g/mol. The average Bonchev–Trinajstić information content (AvgIpc) is 3.84. The molecule has 2 aliphatic heterocycles. The van der Waals surface area contributed by atoms with Crippen LogP contribution in [0.25, 0.3) is 0 Å². The number of ether oxygens (including phenoxy) is 4. The average molecular weight is 1040 g/mol. The molecule has 19 nitrogen and oxygen atoms in total. The van der Waals surface area contributed by atoms with Crippen molar-refractivity contribution < 1.29 is 67.0 Å². The number of hydroxylamine groups is 4. The smallest absolute Gasteiger partial charge is 0.335 e. The third-order valence-corrected chi connectivity index (χ3v) is 18.8. The Labute approximate surface area is 435 Å². The Hall–Kier alpha value is -4.04. The van der Waals surface area contributed by atoms with E-state index in [2.05, 4.69) is 20.3 Å². The third-order valence-electron chi connectivity index (χ3n) is 18.8. The maximum atomic E-state index is 12.3. The Kier molecular flexibility index (Phi) is 18.1. The van der Waals surface area contributed by atoms with Crippen molar-refractivity contribution in [2.75, 3.05) is 59.6 Å². The van der Waals surface area contributed by atoms with Crippen molar-refractivity contribution in [3.8, 4) is 0 Å². The minimum Gasteiger partial charge on any atom is -0.355 e. The van der Waals surface area contributed by atoms with Gasteiger partial charge in [0.05, 0.1) is 52.1 Å². The van der Waals surface area contributed by atoms with Crippen LogP contribution in [0.5, 0.6) is 0 Å². The van der Waals surface area contributed by atoms with Crippen molar-refractivity contribution in [3.05, 3.63) is 0 Å². The molecule has 0 spiro atoms. The molecule has 0 atom stereocenters. The number of nitrogens with zero attached hydrogens (tertiary/aromatic N) is 2. The predicted octanol–water partition coefficient (Wildman–Crippen LogP) is 5.56. The molecule has 14 fully saturated rings. The number of imide groups is 2. The summed E-state index contributed by atoms with van der Waals surface area (Å²) >= 11 is 0. The fraction of sp³-hybridized carbons (Fsp3) is 0.855. The molecule has 0 aromatic heterocycles. The van der Waals surface area contributed by atoms with Crippen LogP contribution >= 0.6 is 0 Å². The first-order valence-corrected chi connectivity index (χ1v) is 28.3. The predicted molar refractivity (Wildman–Crippen MR) is 263 cm³/mol. The quantitative estimate of drug-likeness (QED) is 0.0645. The number of amides is 6. The lowest BCUT2D eigenvalue weighted by molar-refractivity contribution is -0.199. The summed E-state index contributed by atoms with van der Waals surface area (Å²) in [5.74, 6) is 4.99. The van der Waals surface area contributed by atoms with Gasteiger partial charge in [0.2, 0.25) is 11.8 Å². The van der Waals surface area contributed by atoms with Gasteiger partial charge in [0, 0.05) is 38.8 Å². The van der Waals surface area contributed by atoms with E-state index < -0.39 is 35.6 Å². The van der Waals surface area contributed by atoms with Gasteiger partial charge in [-0.3, -0.25) is 28.8 Å². The molecule has 12 bridgehead atoms. The van der Waals surface area contributed by atoms with Crippen LogP contribution in [0.2, 0.25) is 0 Å². The Balaban J connectivity index is 0.000000151. The van der Waals surface area contributed by atoms with Crippen LogP contribution in [-0.2, 0) is 67.0 Å². The first kappa shape index (κ1) is 54.7. The van der Waals surface area contributed by atoms with E-state index >= 15 is 0 Å². The molecule has 12 aliphatic carbocycles. The molecule has 0 radical (unpaired) electrons. The molecule has 412 valence electrons. The Bertz CT molecular complexity index is 1810. The van der Waals surface area contributed by atoms with Gasteiger partial charge in [-0.2, -0.15) is 0 Å². The highest BCUT2D eigenvalue weighted by Crippen LogP contribution is 2.62. The fourth-order valence-electron chi connectivity index (χ4n) is 16.9. The fourth-order valence-corrected chi connectivity index (χ4v) is 16.9. The topological polar surface area (TPSA) is 248 Å². The number of hydrogen-bond donors (Lipinski definition) is 3. The molecule has 6 amide bonds. The van der Waals surface area contributed by atoms with Gasteiger partial charge < -0.3 is 45.0 Å². The second-order valence-electron chi connectivity index (χ2n) is 25.0. The number of nitrogens with two attached hydrogens (primary N) is 1. The molecule has 0 aromatic rings. The van der Waals surface area contributed by atoms with Gasteiger partial charge in [0.25, 0.3) is 23.6 Å². The van der Waals surface area contributed by atoms with Gasteiger partial charge in [-0.25, -0.2) is 9.59 Å². The Morgan fingerprint density at radius 1 is 0.419 bits per heavy atom. The summed E-state index contributed by atoms with van der Waals surface area (Å²) in [6.07, 6.45) is 25.9. The van der Waals surface area contributed by atoms with Crippen LogP contribution in [-0.4, -0.2) is 117 Å². The van der Waals surface area contributed by atoms with Gasteiger partial charge >= 0.3 is 11.9 Å². The third kappa shape index (κ3) is 14.3. The van der Waals surface area contributed by atoms with E-state index in [9.17, 15) is 38.4 Å². The lowest BCUT2D eigenvalue weighted by Gasteiger charge is -2.56. The maximum absolute atomic E-state index is 12.3. The van der Waals surface area contributed by atoms with Crippen molar-refractivity contribution in [1.82, 2.24) is 20.8 Å². The number of rotatable bonds is 23. The van der Waals surface area contributed by atoms with E-state index in [1.165, 1.54) is 116 Å². The second-order valence-corrected chi connectivity index (χ2v) is 25.0. The standard InChI is InChI=1S/C29H46N2O4.C15H18N2O10.C11H19N/c32-26(30-17-28-11-20-5-21(12-28)7-22(6-20)13-28)1-3-34-19-35-4-2-27(33)31-18-29-14-23-8-24(15-29)10-25(9-23)16-29;18-10-1-2-11(19)16(10)26-14(22)5-7-24-9-25-8-6-15(23)27-17-12(20)3-4-13(17)21;12-7-11-4-8-1-9(5-11)3-10(2-8)6-11/h20-25H,1-19H2,(H,30,32)(H,31,33);1-9H2;8-10H,1-7,12H2. The molecule has 2 saturated heterocycles. The van der Waals surface area contributed by atoms with E-state index in [0.29, 0.717) is 52.4 Å². The van der Waals surface area contributed by atoms with Crippen LogP contribution in [0.15, 0.2) is 0 Å². The molecule has 74 heavy (non-hydrogen) atoms. The van der Waals surface area contributed by atoms with Crippen LogP contribution in [0.4, 0.5) is 0 Å². The molecular weight excluding hydrogens is 955 g/mol. The van der Waals surface area contributed by atoms with Crippen LogP contribution in [0.1, 0.15) is 167 Å². The second kappa shape index (κ2) is 24.5.